The zero-order valence-electron chi connectivity index (χ0n) is 9.27. The summed E-state index contributed by atoms with van der Waals surface area (Å²) in [5, 5.41) is 14.0. The predicted molar refractivity (Wildman–Crippen MR) is 70.2 cm³/mol. The summed E-state index contributed by atoms with van der Waals surface area (Å²) < 4.78 is 4.15. The van der Waals surface area contributed by atoms with Gasteiger partial charge >= 0.3 is 0 Å². The van der Waals surface area contributed by atoms with Crippen LogP contribution in [0.5, 0.6) is 0 Å². The fraction of sp³-hybridized carbons (Fsp3) is 0.700. The van der Waals surface area contributed by atoms with E-state index in [1.165, 1.54) is 11.5 Å². The molecule has 0 saturated heterocycles. The smallest absolute Gasteiger partial charge is 0.153 e. The minimum Gasteiger partial charge on any atom is -0.393 e. The number of thioether (sulfide) groups is 1. The van der Waals surface area contributed by atoms with Crippen molar-refractivity contribution >= 4 is 34.1 Å². The van der Waals surface area contributed by atoms with E-state index in [9.17, 15) is 5.11 Å². The number of hydrogen-bond acceptors (Lipinski definition) is 6. The molecule has 4 nitrogen and oxygen atoms in total. The SMILES string of the molecule is CSc1c(N)nsc1NC1CCC(O)CC1. The molecule has 4 N–H and O–H groups in total. The Morgan fingerprint density at radius 1 is 1.44 bits per heavy atom. The minimum atomic E-state index is -0.107. The first-order valence-electron chi connectivity index (χ1n) is 5.44. The molecule has 1 fully saturated rings. The number of nitrogens with one attached hydrogen (secondary N) is 1. The summed E-state index contributed by atoms with van der Waals surface area (Å²) in [6.45, 7) is 0. The first kappa shape index (κ1) is 12.0. The third-order valence-corrected chi connectivity index (χ3v) is 4.65. The van der Waals surface area contributed by atoms with Gasteiger partial charge in [-0.05, 0) is 43.5 Å². The van der Waals surface area contributed by atoms with E-state index in [0.717, 1.165) is 35.6 Å². The Bertz CT molecular complexity index is 348. The van der Waals surface area contributed by atoms with Crippen LogP contribution in [0, 0.1) is 0 Å². The van der Waals surface area contributed by atoms with Gasteiger partial charge in [0, 0.05) is 6.04 Å². The van der Waals surface area contributed by atoms with Gasteiger partial charge in [0.1, 0.15) is 5.00 Å². The highest BCUT2D eigenvalue weighted by atomic mass is 32.2. The van der Waals surface area contributed by atoms with Crippen molar-refractivity contribution < 1.29 is 5.11 Å². The molecule has 0 bridgehead atoms. The van der Waals surface area contributed by atoms with E-state index in [-0.39, 0.29) is 6.10 Å². The number of rotatable bonds is 3. The zero-order chi connectivity index (χ0) is 11.5. The van der Waals surface area contributed by atoms with Crippen molar-refractivity contribution in [1.82, 2.24) is 4.37 Å². The molecule has 1 aromatic rings. The lowest BCUT2D eigenvalue weighted by Gasteiger charge is -2.26. The topological polar surface area (TPSA) is 71.2 Å². The first-order chi connectivity index (χ1) is 7.70. The van der Waals surface area contributed by atoms with Crippen LogP contribution in [0.15, 0.2) is 4.90 Å². The van der Waals surface area contributed by atoms with E-state index in [1.807, 2.05) is 6.26 Å². The quantitative estimate of drug-likeness (QED) is 0.726. The molecule has 16 heavy (non-hydrogen) atoms. The van der Waals surface area contributed by atoms with Gasteiger partial charge < -0.3 is 16.2 Å². The lowest BCUT2D eigenvalue weighted by atomic mass is 9.93. The van der Waals surface area contributed by atoms with Crippen molar-refractivity contribution in [2.75, 3.05) is 17.3 Å². The van der Waals surface area contributed by atoms with Gasteiger partial charge in [-0.1, -0.05) is 0 Å². The molecule has 1 aromatic heterocycles. The Labute approximate surface area is 104 Å². The number of hydrogen-bond donors (Lipinski definition) is 3. The van der Waals surface area contributed by atoms with Gasteiger partial charge in [-0.2, -0.15) is 4.37 Å². The van der Waals surface area contributed by atoms with Crippen LogP contribution in [0.4, 0.5) is 10.8 Å². The first-order valence-corrected chi connectivity index (χ1v) is 7.44. The number of nitrogen functional groups attached to an aromatic ring is 1. The fourth-order valence-corrected chi connectivity index (χ4v) is 3.60. The molecule has 0 unspecified atom stereocenters. The summed E-state index contributed by atoms with van der Waals surface area (Å²) in [5.41, 5.74) is 5.78. The summed E-state index contributed by atoms with van der Waals surface area (Å²) >= 11 is 3.05. The molecule has 0 aliphatic heterocycles. The van der Waals surface area contributed by atoms with Gasteiger partial charge in [0.2, 0.25) is 0 Å². The molecule has 2 rings (SSSR count). The van der Waals surface area contributed by atoms with Crippen LogP contribution >= 0.6 is 23.3 Å². The monoisotopic (exact) mass is 259 g/mol. The lowest BCUT2D eigenvalue weighted by Crippen LogP contribution is -2.28. The number of anilines is 2. The fourth-order valence-electron chi connectivity index (χ4n) is 1.99. The molecule has 1 heterocycles. The van der Waals surface area contributed by atoms with Gasteiger partial charge in [0.15, 0.2) is 5.82 Å². The molecular weight excluding hydrogens is 242 g/mol. The third kappa shape index (κ3) is 2.61. The standard InChI is InChI=1S/C10H17N3OS2/c1-15-8-9(11)13-16-10(8)12-6-2-4-7(14)5-3-6/h6-7,12,14H,2-5H2,1H3,(H2,11,13). The van der Waals surface area contributed by atoms with Crippen molar-refractivity contribution in [3.8, 4) is 0 Å². The Morgan fingerprint density at radius 2 is 2.12 bits per heavy atom. The van der Waals surface area contributed by atoms with Gasteiger partial charge in [0.25, 0.3) is 0 Å². The molecule has 1 aliphatic rings. The number of aliphatic hydroxyl groups excluding tert-OH is 1. The average molecular weight is 259 g/mol. The molecule has 0 radical (unpaired) electrons. The molecule has 0 amide bonds. The van der Waals surface area contributed by atoms with Crippen LogP contribution in [0.25, 0.3) is 0 Å². The van der Waals surface area contributed by atoms with Crippen molar-refractivity contribution in [2.45, 2.75) is 42.7 Å². The molecule has 1 saturated carbocycles. The predicted octanol–water partition coefficient (Wildman–Crippen LogP) is 2.16. The Kier molecular flexibility index (Phi) is 3.94. The molecule has 0 atom stereocenters. The van der Waals surface area contributed by atoms with Crippen LogP contribution < -0.4 is 11.1 Å². The van der Waals surface area contributed by atoms with E-state index >= 15 is 0 Å². The van der Waals surface area contributed by atoms with Gasteiger partial charge in [0.05, 0.1) is 11.0 Å². The number of nitrogens with zero attached hydrogens (tertiary/aromatic N) is 1. The van der Waals surface area contributed by atoms with E-state index < -0.39 is 0 Å². The van der Waals surface area contributed by atoms with Gasteiger partial charge in [-0.3, -0.25) is 0 Å². The number of nitrogens with two attached hydrogens (primary N) is 1. The second kappa shape index (κ2) is 5.25. The number of aliphatic hydroxyl groups is 1. The molecular formula is C10H17N3OS2. The van der Waals surface area contributed by atoms with Crippen molar-refractivity contribution in [3.63, 3.8) is 0 Å². The van der Waals surface area contributed by atoms with Crippen molar-refractivity contribution in [1.29, 1.82) is 0 Å². The van der Waals surface area contributed by atoms with Crippen molar-refractivity contribution in [3.05, 3.63) is 0 Å². The normalized spacial score (nSPS) is 25.6. The Hall–Kier alpha value is -0.460. The van der Waals surface area contributed by atoms with Gasteiger partial charge in [-0.15, -0.1) is 11.8 Å². The third-order valence-electron chi connectivity index (χ3n) is 2.91. The molecule has 1 aliphatic carbocycles. The molecule has 90 valence electrons. The van der Waals surface area contributed by atoms with E-state index in [0.29, 0.717) is 11.9 Å². The summed E-state index contributed by atoms with van der Waals surface area (Å²) in [6, 6.07) is 0.453. The second-order valence-corrected chi connectivity index (χ2v) is 5.67. The average Bonchev–Trinajstić information content (AvgIpc) is 2.63. The maximum absolute atomic E-state index is 9.44. The van der Waals surface area contributed by atoms with Crippen molar-refractivity contribution in [2.24, 2.45) is 0 Å². The minimum absolute atomic E-state index is 0.107. The van der Waals surface area contributed by atoms with Crippen LogP contribution in [-0.4, -0.2) is 27.9 Å². The van der Waals surface area contributed by atoms with Crippen LogP contribution in [0.3, 0.4) is 0 Å². The van der Waals surface area contributed by atoms with Crippen LogP contribution in [-0.2, 0) is 0 Å². The Morgan fingerprint density at radius 3 is 2.75 bits per heavy atom. The maximum atomic E-state index is 9.44. The van der Waals surface area contributed by atoms with Crippen LogP contribution in [0.1, 0.15) is 25.7 Å². The second-order valence-electron chi connectivity index (χ2n) is 4.08. The Balaban J connectivity index is 1.98. The van der Waals surface area contributed by atoms with E-state index in [2.05, 4.69) is 9.69 Å². The summed E-state index contributed by atoms with van der Waals surface area (Å²) in [7, 11) is 0. The van der Waals surface area contributed by atoms with E-state index in [4.69, 9.17) is 5.73 Å². The summed E-state index contributed by atoms with van der Waals surface area (Å²) in [5.74, 6) is 0.621. The van der Waals surface area contributed by atoms with E-state index in [1.54, 1.807) is 11.8 Å². The highest BCUT2D eigenvalue weighted by Crippen LogP contribution is 2.36. The molecule has 0 spiro atoms. The maximum Gasteiger partial charge on any atom is 0.153 e. The highest BCUT2D eigenvalue weighted by molar-refractivity contribution is 7.99. The summed E-state index contributed by atoms with van der Waals surface area (Å²) in [4.78, 5) is 1.05. The summed E-state index contributed by atoms with van der Waals surface area (Å²) in [6.07, 6.45) is 5.72. The lowest BCUT2D eigenvalue weighted by molar-refractivity contribution is 0.126. The van der Waals surface area contributed by atoms with Gasteiger partial charge in [-0.25, -0.2) is 0 Å². The largest absolute Gasteiger partial charge is 0.393 e. The highest BCUT2D eigenvalue weighted by Gasteiger charge is 2.21. The number of aromatic nitrogens is 1. The molecule has 0 aromatic carbocycles. The molecule has 6 heteroatoms. The zero-order valence-corrected chi connectivity index (χ0v) is 10.9. The van der Waals surface area contributed by atoms with Crippen LogP contribution in [0.2, 0.25) is 0 Å².